The van der Waals surface area contributed by atoms with Gasteiger partial charge in [0.2, 0.25) is 0 Å². The van der Waals surface area contributed by atoms with Gasteiger partial charge in [0.15, 0.2) is 5.17 Å². The Hall–Kier alpha value is -2.80. The Labute approximate surface area is 192 Å². The normalized spacial score (nSPS) is 16.0. The van der Waals surface area contributed by atoms with Crippen LogP contribution in [0.4, 0.5) is 10.1 Å². The second kappa shape index (κ2) is 9.56. The predicted molar refractivity (Wildman–Crippen MR) is 124 cm³/mol. The van der Waals surface area contributed by atoms with E-state index in [2.05, 4.69) is 10.3 Å². The number of carbonyl (C=O) groups excluding carboxylic acids is 1. The molecule has 3 aromatic carbocycles. The molecule has 4 rings (SSSR count). The summed E-state index contributed by atoms with van der Waals surface area (Å²) in [5.41, 5.74) is 2.32. The fourth-order valence-electron chi connectivity index (χ4n) is 2.72. The number of carbonyl (C=O) groups is 1. The number of hydrogen-bond acceptors (Lipinski definition) is 4. The summed E-state index contributed by atoms with van der Waals surface area (Å²) in [4.78, 5) is 17.1. The number of halogens is 3. The van der Waals surface area contributed by atoms with Crippen LogP contribution in [0, 0.1) is 5.82 Å². The van der Waals surface area contributed by atoms with Crippen LogP contribution in [-0.4, -0.2) is 11.1 Å². The van der Waals surface area contributed by atoms with E-state index in [4.69, 9.17) is 27.9 Å². The quantitative estimate of drug-likeness (QED) is 0.425. The number of aliphatic imine (C=N–C) groups is 1. The molecule has 0 aromatic heterocycles. The zero-order valence-corrected chi connectivity index (χ0v) is 18.3. The summed E-state index contributed by atoms with van der Waals surface area (Å²) < 4.78 is 18.8. The Morgan fingerprint density at radius 2 is 1.74 bits per heavy atom. The molecule has 0 radical (unpaired) electrons. The topological polar surface area (TPSA) is 50.7 Å². The Morgan fingerprint density at radius 3 is 2.45 bits per heavy atom. The number of hydrogen-bond donors (Lipinski definition) is 1. The van der Waals surface area contributed by atoms with E-state index < -0.39 is 0 Å². The number of benzene rings is 3. The van der Waals surface area contributed by atoms with E-state index in [9.17, 15) is 9.18 Å². The van der Waals surface area contributed by atoms with Crippen LogP contribution < -0.4 is 10.1 Å². The van der Waals surface area contributed by atoms with Crippen LogP contribution in [-0.2, 0) is 11.4 Å². The molecular formula is C23H15Cl2FN2O2S. The van der Waals surface area contributed by atoms with Gasteiger partial charge < -0.3 is 10.1 Å². The molecule has 0 atom stereocenters. The van der Waals surface area contributed by atoms with Crippen LogP contribution in [0.2, 0.25) is 10.0 Å². The summed E-state index contributed by atoms with van der Waals surface area (Å²) in [6.07, 6.45) is 1.77. The van der Waals surface area contributed by atoms with Crippen LogP contribution in [0.25, 0.3) is 6.08 Å². The van der Waals surface area contributed by atoms with Gasteiger partial charge in [-0.15, -0.1) is 0 Å². The molecule has 4 nitrogen and oxygen atoms in total. The van der Waals surface area contributed by atoms with Crippen molar-refractivity contribution < 1.29 is 13.9 Å². The molecule has 0 unspecified atom stereocenters. The SMILES string of the molecule is O=C1NC(=Nc2ccc(F)cc2)S/C1=C/c1ccc(OCc2ccc(Cl)c(Cl)c2)cc1. The number of amides is 1. The minimum Gasteiger partial charge on any atom is -0.489 e. The minimum atomic E-state index is -0.336. The van der Waals surface area contributed by atoms with Crippen LogP contribution in [0.5, 0.6) is 5.75 Å². The fraction of sp³-hybridized carbons (Fsp3) is 0.0435. The number of rotatable bonds is 5. The van der Waals surface area contributed by atoms with E-state index in [1.165, 1.54) is 23.9 Å². The van der Waals surface area contributed by atoms with Crippen molar-refractivity contribution in [2.45, 2.75) is 6.61 Å². The third kappa shape index (κ3) is 5.67. The Balaban J connectivity index is 1.40. The molecule has 1 saturated heterocycles. The van der Waals surface area contributed by atoms with Gasteiger partial charge in [-0.2, -0.15) is 0 Å². The van der Waals surface area contributed by atoms with Gasteiger partial charge in [-0.05, 0) is 77.5 Å². The lowest BCUT2D eigenvalue weighted by atomic mass is 10.2. The monoisotopic (exact) mass is 472 g/mol. The standard InChI is InChI=1S/C23H15Cl2FN2O2S/c24-19-10-3-15(11-20(19)25)13-30-18-8-1-14(2-9-18)12-21-22(29)28-23(31-21)27-17-6-4-16(26)5-7-17/h1-12H,13H2,(H,27,28,29)/b21-12+. The summed E-state index contributed by atoms with van der Waals surface area (Å²) in [6, 6.07) is 18.5. The molecule has 1 fully saturated rings. The van der Waals surface area contributed by atoms with E-state index in [1.807, 2.05) is 30.3 Å². The molecule has 0 spiro atoms. The predicted octanol–water partition coefficient (Wildman–Crippen LogP) is 6.60. The number of nitrogens with one attached hydrogen (secondary N) is 1. The van der Waals surface area contributed by atoms with Crippen molar-refractivity contribution in [1.82, 2.24) is 5.32 Å². The lowest BCUT2D eigenvalue weighted by Gasteiger charge is -2.07. The highest BCUT2D eigenvalue weighted by Crippen LogP contribution is 2.29. The van der Waals surface area contributed by atoms with Crippen LogP contribution >= 0.6 is 35.0 Å². The largest absolute Gasteiger partial charge is 0.489 e. The summed E-state index contributed by atoms with van der Waals surface area (Å²) in [7, 11) is 0. The Morgan fingerprint density at radius 1 is 1.00 bits per heavy atom. The highest BCUT2D eigenvalue weighted by Gasteiger charge is 2.23. The lowest BCUT2D eigenvalue weighted by Crippen LogP contribution is -2.19. The van der Waals surface area contributed by atoms with Gasteiger partial charge in [0.1, 0.15) is 18.2 Å². The van der Waals surface area contributed by atoms with Crippen molar-refractivity contribution in [3.8, 4) is 5.75 Å². The highest BCUT2D eigenvalue weighted by atomic mass is 35.5. The first-order chi connectivity index (χ1) is 15.0. The summed E-state index contributed by atoms with van der Waals surface area (Å²) in [6.45, 7) is 0.360. The van der Waals surface area contributed by atoms with Gasteiger partial charge in [0.05, 0.1) is 20.6 Å². The van der Waals surface area contributed by atoms with E-state index in [-0.39, 0.29) is 11.7 Å². The molecule has 31 heavy (non-hydrogen) atoms. The van der Waals surface area contributed by atoms with Crippen molar-refractivity contribution in [3.05, 3.63) is 98.6 Å². The third-order valence-corrected chi connectivity index (χ3v) is 5.92. The van der Waals surface area contributed by atoms with Crippen LogP contribution in [0.3, 0.4) is 0 Å². The zero-order chi connectivity index (χ0) is 21.8. The molecule has 0 bridgehead atoms. The Kier molecular flexibility index (Phi) is 6.61. The molecule has 1 aliphatic rings. The molecule has 3 aromatic rings. The van der Waals surface area contributed by atoms with Crippen molar-refractivity contribution in [3.63, 3.8) is 0 Å². The summed E-state index contributed by atoms with van der Waals surface area (Å²) in [5, 5.41) is 4.15. The van der Waals surface area contributed by atoms with Gasteiger partial charge in [0.25, 0.3) is 5.91 Å². The van der Waals surface area contributed by atoms with Crippen LogP contribution in [0.15, 0.2) is 76.6 Å². The fourth-order valence-corrected chi connectivity index (χ4v) is 3.88. The van der Waals surface area contributed by atoms with E-state index >= 15 is 0 Å². The van der Waals surface area contributed by atoms with Gasteiger partial charge >= 0.3 is 0 Å². The lowest BCUT2D eigenvalue weighted by molar-refractivity contribution is -0.115. The van der Waals surface area contributed by atoms with Gasteiger partial charge in [-0.25, -0.2) is 9.38 Å². The maximum absolute atomic E-state index is 13.0. The summed E-state index contributed by atoms with van der Waals surface area (Å²) >= 11 is 13.2. The van der Waals surface area contributed by atoms with Crippen molar-refractivity contribution in [2.75, 3.05) is 0 Å². The number of ether oxygens (including phenoxy) is 1. The third-order valence-electron chi connectivity index (χ3n) is 4.28. The first kappa shape index (κ1) is 21.4. The molecule has 1 N–H and O–H groups in total. The second-order valence-electron chi connectivity index (χ2n) is 6.56. The van der Waals surface area contributed by atoms with E-state index in [1.54, 1.807) is 30.3 Å². The van der Waals surface area contributed by atoms with Crippen LogP contribution in [0.1, 0.15) is 11.1 Å². The first-order valence-corrected chi connectivity index (χ1v) is 10.8. The molecule has 1 heterocycles. The van der Waals surface area contributed by atoms with Crippen molar-refractivity contribution in [1.29, 1.82) is 0 Å². The summed E-state index contributed by atoms with van der Waals surface area (Å²) in [5.74, 6) is 0.123. The zero-order valence-electron chi connectivity index (χ0n) is 15.9. The van der Waals surface area contributed by atoms with Crippen molar-refractivity contribution >= 4 is 57.8 Å². The van der Waals surface area contributed by atoms with Gasteiger partial charge in [0, 0.05) is 0 Å². The molecule has 8 heteroatoms. The molecule has 0 saturated carbocycles. The maximum Gasteiger partial charge on any atom is 0.264 e. The Bertz CT molecular complexity index is 1180. The van der Waals surface area contributed by atoms with Gasteiger partial charge in [-0.1, -0.05) is 41.4 Å². The number of amidine groups is 1. The molecular weight excluding hydrogens is 458 g/mol. The molecule has 1 aliphatic heterocycles. The first-order valence-electron chi connectivity index (χ1n) is 9.18. The van der Waals surface area contributed by atoms with E-state index in [0.717, 1.165) is 11.1 Å². The van der Waals surface area contributed by atoms with Gasteiger partial charge in [-0.3, -0.25) is 4.79 Å². The molecule has 1 amide bonds. The number of thioether (sulfide) groups is 1. The molecule has 0 aliphatic carbocycles. The average Bonchev–Trinajstić information content (AvgIpc) is 3.10. The van der Waals surface area contributed by atoms with E-state index in [0.29, 0.717) is 38.2 Å². The maximum atomic E-state index is 13.0. The average molecular weight is 473 g/mol. The second-order valence-corrected chi connectivity index (χ2v) is 8.41. The molecule has 156 valence electrons. The highest BCUT2D eigenvalue weighted by molar-refractivity contribution is 8.18. The minimum absolute atomic E-state index is 0.231. The smallest absolute Gasteiger partial charge is 0.264 e. The number of nitrogens with zero attached hydrogens (tertiary/aromatic N) is 1. The van der Waals surface area contributed by atoms with Crippen molar-refractivity contribution in [2.24, 2.45) is 4.99 Å².